The van der Waals surface area contributed by atoms with Gasteiger partial charge in [-0.25, -0.2) is 8.78 Å². The number of benzene rings is 1. The highest BCUT2D eigenvalue weighted by Crippen LogP contribution is 2.33. The molecule has 0 aliphatic carbocycles. The number of rotatable bonds is 7. The van der Waals surface area contributed by atoms with Crippen molar-refractivity contribution >= 4 is 11.6 Å². The molecule has 0 N–H and O–H groups in total. The molecule has 7 nitrogen and oxygen atoms in total. The largest absolute Gasteiger partial charge is 0.415 e. The molecule has 0 radical (unpaired) electrons. The number of nitrogens with zero attached hydrogens (tertiary/aromatic N) is 5. The van der Waals surface area contributed by atoms with E-state index in [1.165, 1.54) is 47.5 Å². The number of carbonyl (C=O) groups is 1. The third-order valence-corrected chi connectivity index (χ3v) is 6.09. The SMILES string of the molecule is CC(C)N1CCC(F)(C(=O)N(Cc2ccc(-c3nnc(C(F)F)o3)cn2)c2cccc(F)c2)CC1. The number of pyridine rings is 1. The summed E-state index contributed by atoms with van der Waals surface area (Å²) in [6, 6.07) is 8.69. The molecule has 11 heteroatoms. The first-order valence-electron chi connectivity index (χ1n) is 11.2. The van der Waals surface area contributed by atoms with E-state index < -0.39 is 29.7 Å². The van der Waals surface area contributed by atoms with Crippen LogP contribution in [-0.4, -0.2) is 50.8 Å². The first kappa shape index (κ1) is 24.8. The van der Waals surface area contributed by atoms with Crippen LogP contribution in [0.2, 0.25) is 0 Å². The molecule has 186 valence electrons. The molecule has 1 aromatic carbocycles. The molecule has 1 aliphatic heterocycles. The molecule has 4 rings (SSSR count). The zero-order chi connectivity index (χ0) is 25.2. The molecule has 1 aliphatic rings. The number of likely N-dealkylation sites (tertiary alicyclic amines) is 1. The predicted molar refractivity (Wildman–Crippen MR) is 120 cm³/mol. The summed E-state index contributed by atoms with van der Waals surface area (Å²) in [5, 5.41) is 6.86. The highest BCUT2D eigenvalue weighted by molar-refractivity contribution is 5.99. The first-order valence-corrected chi connectivity index (χ1v) is 11.2. The topological polar surface area (TPSA) is 75.4 Å². The molecule has 35 heavy (non-hydrogen) atoms. The van der Waals surface area contributed by atoms with Crippen LogP contribution in [0.3, 0.4) is 0 Å². The lowest BCUT2D eigenvalue weighted by Crippen LogP contribution is -2.53. The van der Waals surface area contributed by atoms with Gasteiger partial charge in [-0.2, -0.15) is 8.78 Å². The van der Waals surface area contributed by atoms with Crippen molar-refractivity contribution < 1.29 is 26.8 Å². The Kier molecular flexibility index (Phi) is 7.15. The molecule has 0 atom stereocenters. The summed E-state index contributed by atoms with van der Waals surface area (Å²) in [6.07, 6.45) is -1.49. The Balaban J connectivity index is 1.57. The minimum Gasteiger partial charge on any atom is -0.415 e. The number of piperidine rings is 1. The second kappa shape index (κ2) is 10.1. The second-order valence-corrected chi connectivity index (χ2v) is 8.75. The molecule has 0 bridgehead atoms. The zero-order valence-electron chi connectivity index (χ0n) is 19.3. The number of amides is 1. The molecule has 1 fully saturated rings. The van der Waals surface area contributed by atoms with Gasteiger partial charge in [0.05, 0.1) is 17.8 Å². The average Bonchev–Trinajstić information content (AvgIpc) is 3.34. The van der Waals surface area contributed by atoms with Gasteiger partial charge in [0.2, 0.25) is 5.89 Å². The fourth-order valence-corrected chi connectivity index (χ4v) is 4.02. The van der Waals surface area contributed by atoms with Crippen molar-refractivity contribution in [2.45, 2.75) is 51.4 Å². The second-order valence-electron chi connectivity index (χ2n) is 8.75. The molecular formula is C24H25F4N5O2. The minimum absolute atomic E-state index is 0.0336. The molecule has 0 spiro atoms. The van der Waals surface area contributed by atoms with E-state index >= 15 is 4.39 Å². The Morgan fingerprint density at radius 3 is 2.49 bits per heavy atom. The summed E-state index contributed by atoms with van der Waals surface area (Å²) in [5.74, 6) is -2.24. The number of aromatic nitrogens is 3. The standard InChI is InChI=1S/C24H25F4N5O2/c1-15(2)32-10-8-24(28,9-11-32)23(34)33(19-5-3-4-17(25)12-19)14-18-7-6-16(13-29-18)21-30-31-22(35-21)20(26)27/h3-7,12-13,15,20H,8-11,14H2,1-2H3. The summed E-state index contributed by atoms with van der Waals surface area (Å²) in [7, 11) is 0. The van der Waals surface area contributed by atoms with E-state index in [0.29, 0.717) is 24.3 Å². The Morgan fingerprint density at radius 2 is 1.91 bits per heavy atom. The summed E-state index contributed by atoms with van der Waals surface area (Å²) in [6.45, 7) is 4.80. The maximum Gasteiger partial charge on any atom is 0.314 e. The maximum absolute atomic E-state index is 15.9. The van der Waals surface area contributed by atoms with Crippen LogP contribution in [-0.2, 0) is 11.3 Å². The zero-order valence-corrected chi connectivity index (χ0v) is 19.3. The van der Waals surface area contributed by atoms with E-state index in [-0.39, 0.29) is 37.0 Å². The molecular weight excluding hydrogens is 466 g/mol. The van der Waals surface area contributed by atoms with Gasteiger partial charge in [-0.1, -0.05) is 6.07 Å². The smallest absolute Gasteiger partial charge is 0.314 e. The van der Waals surface area contributed by atoms with Crippen LogP contribution >= 0.6 is 0 Å². The van der Waals surface area contributed by atoms with Gasteiger partial charge in [-0.3, -0.25) is 9.78 Å². The number of alkyl halides is 3. The summed E-state index contributed by atoms with van der Waals surface area (Å²) in [5.41, 5.74) is -1.20. The van der Waals surface area contributed by atoms with E-state index in [1.54, 1.807) is 0 Å². The lowest BCUT2D eigenvalue weighted by molar-refractivity contribution is -0.133. The number of carbonyl (C=O) groups excluding carboxylic acids is 1. The van der Waals surface area contributed by atoms with E-state index in [0.717, 1.165) is 0 Å². The molecule has 0 unspecified atom stereocenters. The van der Waals surface area contributed by atoms with E-state index in [9.17, 15) is 18.0 Å². The van der Waals surface area contributed by atoms with Gasteiger partial charge < -0.3 is 14.2 Å². The summed E-state index contributed by atoms with van der Waals surface area (Å²) < 4.78 is 60.2. The predicted octanol–water partition coefficient (Wildman–Crippen LogP) is 4.95. The third-order valence-electron chi connectivity index (χ3n) is 6.09. The highest BCUT2D eigenvalue weighted by atomic mass is 19.3. The van der Waals surface area contributed by atoms with Crippen LogP contribution in [0, 0.1) is 5.82 Å². The molecule has 3 heterocycles. The van der Waals surface area contributed by atoms with Crippen molar-refractivity contribution in [2.75, 3.05) is 18.0 Å². The average molecular weight is 491 g/mol. The lowest BCUT2D eigenvalue weighted by atomic mass is 9.90. The quantitative estimate of drug-likeness (QED) is 0.435. The number of halogens is 4. The summed E-state index contributed by atoms with van der Waals surface area (Å²) >= 11 is 0. The van der Waals surface area contributed by atoms with Crippen LogP contribution < -0.4 is 4.90 Å². The molecule has 1 saturated heterocycles. The van der Waals surface area contributed by atoms with Gasteiger partial charge in [0.1, 0.15) is 5.82 Å². The van der Waals surface area contributed by atoms with E-state index in [2.05, 4.69) is 20.1 Å². The van der Waals surface area contributed by atoms with Crippen molar-refractivity contribution in [3.63, 3.8) is 0 Å². The number of anilines is 1. The summed E-state index contributed by atoms with van der Waals surface area (Å²) in [4.78, 5) is 21.0. The van der Waals surface area contributed by atoms with Gasteiger partial charge in [-0.15, -0.1) is 10.2 Å². The number of hydrogen-bond acceptors (Lipinski definition) is 6. The Hall–Kier alpha value is -3.34. The van der Waals surface area contributed by atoms with Crippen LogP contribution in [0.25, 0.3) is 11.5 Å². The van der Waals surface area contributed by atoms with E-state index in [4.69, 9.17) is 4.42 Å². The molecule has 3 aromatic rings. The molecule has 1 amide bonds. The normalized spacial score (nSPS) is 16.1. The maximum atomic E-state index is 15.9. The Morgan fingerprint density at radius 1 is 1.17 bits per heavy atom. The monoisotopic (exact) mass is 491 g/mol. The van der Waals surface area contributed by atoms with Crippen LogP contribution in [0.4, 0.5) is 23.2 Å². The van der Waals surface area contributed by atoms with Gasteiger partial charge in [0.25, 0.3) is 11.8 Å². The van der Waals surface area contributed by atoms with Crippen molar-refractivity contribution in [1.29, 1.82) is 0 Å². The lowest BCUT2D eigenvalue weighted by Gasteiger charge is -2.39. The fourth-order valence-electron chi connectivity index (χ4n) is 4.02. The van der Waals surface area contributed by atoms with Crippen LogP contribution in [0.15, 0.2) is 47.0 Å². The van der Waals surface area contributed by atoms with E-state index in [1.807, 2.05) is 13.8 Å². The van der Waals surface area contributed by atoms with Crippen molar-refractivity contribution in [2.24, 2.45) is 0 Å². The van der Waals surface area contributed by atoms with Gasteiger partial charge in [-0.05, 0) is 44.2 Å². The number of hydrogen-bond donors (Lipinski definition) is 0. The minimum atomic E-state index is -2.89. The highest BCUT2D eigenvalue weighted by Gasteiger charge is 2.45. The molecule has 2 aromatic heterocycles. The Bertz CT molecular complexity index is 1160. The van der Waals surface area contributed by atoms with Gasteiger partial charge >= 0.3 is 6.43 Å². The van der Waals surface area contributed by atoms with Crippen molar-refractivity contribution in [3.05, 3.63) is 60.0 Å². The van der Waals surface area contributed by atoms with Gasteiger partial charge in [0.15, 0.2) is 5.67 Å². The Labute approximate surface area is 199 Å². The van der Waals surface area contributed by atoms with Crippen molar-refractivity contribution in [3.8, 4) is 11.5 Å². The van der Waals surface area contributed by atoms with Crippen LogP contribution in [0.5, 0.6) is 0 Å². The first-order chi connectivity index (χ1) is 16.7. The van der Waals surface area contributed by atoms with Gasteiger partial charge in [0, 0.05) is 43.9 Å². The van der Waals surface area contributed by atoms with Crippen LogP contribution in [0.1, 0.15) is 44.7 Å². The fraction of sp³-hybridized carbons (Fsp3) is 0.417. The third kappa shape index (κ3) is 5.50. The molecule has 0 saturated carbocycles. The van der Waals surface area contributed by atoms with Crippen molar-refractivity contribution in [1.82, 2.24) is 20.1 Å².